The molecule has 1 aliphatic carbocycles. The van der Waals surface area contributed by atoms with Gasteiger partial charge in [0.05, 0.1) is 4.88 Å². The molecule has 2 N–H and O–H groups in total. The van der Waals surface area contributed by atoms with Crippen molar-refractivity contribution in [1.29, 1.82) is 0 Å². The second-order valence-electron chi connectivity index (χ2n) is 5.57. The van der Waals surface area contributed by atoms with Gasteiger partial charge in [0.25, 0.3) is 5.91 Å². The summed E-state index contributed by atoms with van der Waals surface area (Å²) in [5, 5.41) is 13.6. The number of carboxylic acids is 1. The molecule has 0 bridgehead atoms. The van der Waals surface area contributed by atoms with Gasteiger partial charge >= 0.3 is 5.97 Å². The second-order valence-corrected chi connectivity index (χ2v) is 6.49. The Bertz CT molecular complexity index is 535. The summed E-state index contributed by atoms with van der Waals surface area (Å²) in [5.41, 5.74) is 0.668. The number of carbonyl (C=O) groups excluding carboxylic acids is 1. The Balaban J connectivity index is 2.06. The van der Waals surface area contributed by atoms with Crippen molar-refractivity contribution in [2.24, 2.45) is 5.92 Å². The minimum atomic E-state index is -1.01. The Labute approximate surface area is 128 Å². The van der Waals surface area contributed by atoms with E-state index in [9.17, 15) is 9.59 Å². The fraction of sp³-hybridized carbons (Fsp3) is 0.500. The Morgan fingerprint density at radius 2 is 2.10 bits per heavy atom. The average molecular weight is 307 g/mol. The minimum Gasteiger partial charge on any atom is -0.478 e. The van der Waals surface area contributed by atoms with E-state index in [1.165, 1.54) is 30.3 Å². The van der Waals surface area contributed by atoms with Gasteiger partial charge < -0.3 is 10.4 Å². The first-order valence-corrected chi connectivity index (χ1v) is 8.25. The maximum atomic E-state index is 12.4. The lowest BCUT2D eigenvalue weighted by molar-refractivity contribution is -0.131. The van der Waals surface area contributed by atoms with Crippen molar-refractivity contribution in [2.45, 2.75) is 45.1 Å². The summed E-state index contributed by atoms with van der Waals surface area (Å²) in [4.78, 5) is 23.6. The minimum absolute atomic E-state index is 0.0891. The standard InChI is InChI=1S/C16H21NO3S/c1-11-5-3-2-4-6-13(11)17-16(20)15-12(9-10-21-15)7-8-14(18)19/h7-11,13H,2-6H2,1H3,(H,17,20)(H,18,19). The molecule has 1 aliphatic rings. The van der Waals surface area contributed by atoms with Gasteiger partial charge in [-0.25, -0.2) is 4.79 Å². The van der Waals surface area contributed by atoms with Gasteiger partial charge in [-0.2, -0.15) is 0 Å². The third-order valence-electron chi connectivity index (χ3n) is 3.99. The van der Waals surface area contributed by atoms with Gasteiger partial charge in [-0.1, -0.05) is 26.2 Å². The molecule has 1 heterocycles. The van der Waals surface area contributed by atoms with Gasteiger partial charge in [-0.05, 0) is 41.8 Å². The lowest BCUT2D eigenvalue weighted by atomic mass is 9.97. The largest absolute Gasteiger partial charge is 0.478 e. The van der Waals surface area contributed by atoms with Crippen molar-refractivity contribution >= 4 is 29.3 Å². The number of rotatable bonds is 4. The van der Waals surface area contributed by atoms with Crippen LogP contribution in [0.2, 0.25) is 0 Å². The third-order valence-corrected chi connectivity index (χ3v) is 4.91. The Morgan fingerprint density at radius 1 is 1.33 bits per heavy atom. The number of nitrogens with one attached hydrogen (secondary N) is 1. The van der Waals surface area contributed by atoms with E-state index in [0.29, 0.717) is 16.4 Å². The van der Waals surface area contributed by atoms with Crippen molar-refractivity contribution in [3.63, 3.8) is 0 Å². The molecule has 4 nitrogen and oxygen atoms in total. The zero-order valence-corrected chi connectivity index (χ0v) is 13.0. The maximum absolute atomic E-state index is 12.4. The fourth-order valence-corrected chi connectivity index (χ4v) is 3.53. The van der Waals surface area contributed by atoms with Gasteiger partial charge in [0.1, 0.15) is 0 Å². The number of hydrogen-bond donors (Lipinski definition) is 2. The highest BCUT2D eigenvalue weighted by molar-refractivity contribution is 7.12. The van der Waals surface area contributed by atoms with Crippen LogP contribution >= 0.6 is 11.3 Å². The Morgan fingerprint density at radius 3 is 2.86 bits per heavy atom. The molecule has 0 radical (unpaired) electrons. The van der Waals surface area contributed by atoms with Crippen LogP contribution in [0, 0.1) is 5.92 Å². The molecule has 1 amide bonds. The molecule has 114 valence electrons. The summed E-state index contributed by atoms with van der Waals surface area (Å²) in [6, 6.07) is 1.99. The predicted octanol–water partition coefficient (Wildman–Crippen LogP) is 3.54. The Kier molecular flexibility index (Phi) is 5.56. The van der Waals surface area contributed by atoms with Crippen molar-refractivity contribution in [3.05, 3.63) is 28.0 Å². The first-order chi connectivity index (χ1) is 10.1. The molecule has 2 atom stereocenters. The van der Waals surface area contributed by atoms with E-state index in [1.807, 2.05) is 5.38 Å². The molecular formula is C16H21NO3S. The quantitative estimate of drug-likeness (QED) is 0.660. The molecule has 1 aromatic rings. The van der Waals surface area contributed by atoms with Gasteiger partial charge in [0.15, 0.2) is 0 Å². The fourth-order valence-electron chi connectivity index (χ4n) is 2.74. The summed E-state index contributed by atoms with van der Waals surface area (Å²) in [6.07, 6.45) is 8.35. The number of hydrogen-bond acceptors (Lipinski definition) is 3. The molecule has 0 aromatic carbocycles. The van der Waals surface area contributed by atoms with Crippen LogP contribution in [0.3, 0.4) is 0 Å². The number of carboxylic acid groups (broad SMARTS) is 1. The van der Waals surface area contributed by atoms with Crippen molar-refractivity contribution in [3.8, 4) is 0 Å². The molecule has 21 heavy (non-hydrogen) atoms. The molecule has 2 unspecified atom stereocenters. The van der Waals surface area contributed by atoms with Gasteiger partial charge in [0.2, 0.25) is 0 Å². The summed E-state index contributed by atoms with van der Waals surface area (Å²) in [7, 11) is 0. The lowest BCUT2D eigenvalue weighted by Crippen LogP contribution is -2.38. The van der Waals surface area contributed by atoms with Gasteiger partial charge in [0, 0.05) is 12.1 Å². The molecule has 0 spiro atoms. The van der Waals surface area contributed by atoms with Crippen molar-refractivity contribution in [2.75, 3.05) is 0 Å². The third kappa shape index (κ3) is 4.43. The van der Waals surface area contributed by atoms with E-state index < -0.39 is 5.97 Å². The molecule has 0 aliphatic heterocycles. The number of aliphatic carboxylic acids is 1. The highest BCUT2D eigenvalue weighted by Crippen LogP contribution is 2.24. The predicted molar refractivity (Wildman–Crippen MR) is 84.5 cm³/mol. The highest BCUT2D eigenvalue weighted by atomic mass is 32.1. The normalized spacial score (nSPS) is 22.9. The number of carbonyl (C=O) groups is 2. The SMILES string of the molecule is CC1CCCCCC1NC(=O)c1sccc1C=CC(=O)O. The topological polar surface area (TPSA) is 66.4 Å². The first kappa shape index (κ1) is 15.8. The van der Waals surface area contributed by atoms with Crippen LogP contribution in [0.5, 0.6) is 0 Å². The molecule has 1 aromatic heterocycles. The summed E-state index contributed by atoms with van der Waals surface area (Å²) in [6.45, 7) is 2.19. The molecule has 0 saturated heterocycles. The smallest absolute Gasteiger partial charge is 0.328 e. The Hall–Kier alpha value is -1.62. The monoisotopic (exact) mass is 307 g/mol. The van der Waals surface area contributed by atoms with Crippen LogP contribution in [0.1, 0.15) is 54.3 Å². The zero-order valence-electron chi connectivity index (χ0n) is 12.2. The average Bonchev–Trinajstić information content (AvgIpc) is 2.82. The first-order valence-electron chi connectivity index (χ1n) is 7.37. The molecule has 1 fully saturated rings. The molecule has 2 rings (SSSR count). The zero-order chi connectivity index (χ0) is 15.2. The van der Waals surface area contributed by atoms with Crippen LogP contribution in [-0.4, -0.2) is 23.0 Å². The van der Waals surface area contributed by atoms with Crippen molar-refractivity contribution < 1.29 is 14.7 Å². The van der Waals surface area contributed by atoms with Crippen LogP contribution in [0.4, 0.5) is 0 Å². The van der Waals surface area contributed by atoms with Crippen LogP contribution < -0.4 is 5.32 Å². The molecular weight excluding hydrogens is 286 g/mol. The summed E-state index contributed by atoms with van der Waals surface area (Å²) >= 11 is 1.35. The number of thiophene rings is 1. The van der Waals surface area contributed by atoms with E-state index in [2.05, 4.69) is 12.2 Å². The lowest BCUT2D eigenvalue weighted by Gasteiger charge is -2.22. The van der Waals surface area contributed by atoms with Crippen LogP contribution in [0.15, 0.2) is 17.5 Å². The van der Waals surface area contributed by atoms with Crippen LogP contribution in [0.25, 0.3) is 6.08 Å². The van der Waals surface area contributed by atoms with E-state index in [-0.39, 0.29) is 11.9 Å². The molecule has 1 saturated carbocycles. The van der Waals surface area contributed by atoms with Crippen molar-refractivity contribution in [1.82, 2.24) is 5.32 Å². The van der Waals surface area contributed by atoms with Gasteiger partial charge in [-0.15, -0.1) is 11.3 Å². The highest BCUT2D eigenvalue weighted by Gasteiger charge is 2.23. The van der Waals surface area contributed by atoms with E-state index >= 15 is 0 Å². The summed E-state index contributed by atoms with van der Waals surface area (Å²) < 4.78 is 0. The second kappa shape index (κ2) is 7.41. The number of amides is 1. The van der Waals surface area contributed by atoms with Crippen LogP contribution in [-0.2, 0) is 4.79 Å². The maximum Gasteiger partial charge on any atom is 0.328 e. The van der Waals surface area contributed by atoms with Gasteiger partial charge in [-0.3, -0.25) is 4.79 Å². The summed E-state index contributed by atoms with van der Waals surface area (Å²) in [5.74, 6) is -0.604. The van der Waals surface area contributed by atoms with E-state index in [4.69, 9.17) is 5.11 Å². The van der Waals surface area contributed by atoms with E-state index in [0.717, 1.165) is 25.3 Å². The molecule has 5 heteroatoms. The van der Waals surface area contributed by atoms with E-state index in [1.54, 1.807) is 6.07 Å².